The molecule has 0 bridgehead atoms. The van der Waals surface area contributed by atoms with E-state index in [9.17, 15) is 13.2 Å². The quantitative estimate of drug-likeness (QED) is 0.424. The van der Waals surface area contributed by atoms with Crippen LogP contribution in [0.25, 0.3) is 11.1 Å². The maximum Gasteiger partial charge on any atom is 0.417 e. The van der Waals surface area contributed by atoms with Crippen LogP contribution in [0.4, 0.5) is 13.2 Å². The highest BCUT2D eigenvalue weighted by Crippen LogP contribution is 2.41. The fraction of sp³-hybridized carbons (Fsp3) is 0.0833. The summed E-state index contributed by atoms with van der Waals surface area (Å²) >= 11 is 23.5. The zero-order valence-corrected chi connectivity index (χ0v) is 12.4. The van der Waals surface area contributed by atoms with E-state index in [0.717, 1.165) is 6.07 Å². The second kappa shape index (κ2) is 5.60. The molecule has 2 rings (SSSR count). The number of hydrogen-bond acceptors (Lipinski definition) is 1. The zero-order chi connectivity index (χ0) is 15.1. The molecular weight excluding hydrogens is 357 g/mol. The molecule has 0 saturated carbocycles. The Kier molecular flexibility index (Phi) is 4.40. The molecule has 8 heteroatoms. The molecule has 0 amide bonds. The van der Waals surface area contributed by atoms with E-state index in [4.69, 9.17) is 46.4 Å². The van der Waals surface area contributed by atoms with Gasteiger partial charge in [-0.15, -0.1) is 0 Å². The predicted octanol–water partition coefficient (Wildman–Crippen LogP) is 6.38. The van der Waals surface area contributed by atoms with Crippen LogP contribution < -0.4 is 0 Å². The van der Waals surface area contributed by atoms with Crippen LogP contribution in [0.2, 0.25) is 20.2 Å². The molecule has 106 valence electrons. The number of halogens is 7. The number of pyridine rings is 1. The largest absolute Gasteiger partial charge is 0.417 e. The van der Waals surface area contributed by atoms with Crippen molar-refractivity contribution >= 4 is 46.4 Å². The molecule has 0 aliphatic heterocycles. The number of benzene rings is 1. The van der Waals surface area contributed by atoms with Crippen molar-refractivity contribution in [3.8, 4) is 11.1 Å². The first kappa shape index (κ1) is 15.7. The first-order valence-corrected chi connectivity index (χ1v) is 6.59. The van der Waals surface area contributed by atoms with Crippen molar-refractivity contribution < 1.29 is 13.2 Å². The van der Waals surface area contributed by atoms with Crippen molar-refractivity contribution in [2.75, 3.05) is 0 Å². The Morgan fingerprint density at radius 1 is 0.900 bits per heavy atom. The van der Waals surface area contributed by atoms with Crippen LogP contribution in [0.5, 0.6) is 0 Å². The number of hydrogen-bond donors (Lipinski definition) is 0. The average Bonchev–Trinajstić information content (AvgIpc) is 2.36. The van der Waals surface area contributed by atoms with Gasteiger partial charge in [-0.25, -0.2) is 4.98 Å². The molecule has 0 N–H and O–H groups in total. The van der Waals surface area contributed by atoms with Crippen LogP contribution in [0.15, 0.2) is 24.4 Å². The number of nitrogens with zero attached hydrogens (tertiary/aromatic N) is 1. The lowest BCUT2D eigenvalue weighted by molar-refractivity contribution is -0.137. The summed E-state index contributed by atoms with van der Waals surface area (Å²) in [4.78, 5) is 3.53. The molecule has 0 fully saturated rings. The summed E-state index contributed by atoms with van der Waals surface area (Å²) < 4.78 is 38.1. The van der Waals surface area contributed by atoms with Gasteiger partial charge in [-0.2, -0.15) is 13.2 Å². The van der Waals surface area contributed by atoms with Gasteiger partial charge in [0.05, 0.1) is 20.6 Å². The van der Waals surface area contributed by atoms with Gasteiger partial charge in [-0.1, -0.05) is 52.5 Å². The molecule has 0 unspecified atom stereocenters. The van der Waals surface area contributed by atoms with Crippen LogP contribution in [-0.4, -0.2) is 4.98 Å². The van der Waals surface area contributed by atoms with Crippen molar-refractivity contribution in [2.24, 2.45) is 0 Å². The zero-order valence-electron chi connectivity index (χ0n) is 9.40. The van der Waals surface area contributed by atoms with Crippen molar-refractivity contribution in [3.05, 3.63) is 50.2 Å². The van der Waals surface area contributed by atoms with E-state index in [0.29, 0.717) is 6.20 Å². The Bertz CT molecular complexity index is 670. The van der Waals surface area contributed by atoms with Crippen LogP contribution in [-0.2, 0) is 6.18 Å². The Balaban J connectivity index is 2.67. The summed E-state index contributed by atoms with van der Waals surface area (Å²) in [6.45, 7) is 0. The Morgan fingerprint density at radius 2 is 1.55 bits per heavy atom. The number of aromatic nitrogens is 1. The lowest BCUT2D eigenvalue weighted by Gasteiger charge is -2.12. The van der Waals surface area contributed by atoms with Crippen molar-refractivity contribution in [3.63, 3.8) is 0 Å². The molecule has 0 aliphatic carbocycles. The topological polar surface area (TPSA) is 12.9 Å². The van der Waals surface area contributed by atoms with Crippen molar-refractivity contribution in [1.29, 1.82) is 0 Å². The third kappa shape index (κ3) is 2.98. The summed E-state index contributed by atoms with van der Waals surface area (Å²) in [6, 6.07) is 3.71. The second-order valence-corrected chi connectivity index (χ2v) is 5.30. The first-order valence-electron chi connectivity index (χ1n) is 5.08. The number of rotatable bonds is 1. The smallest absolute Gasteiger partial charge is 0.243 e. The van der Waals surface area contributed by atoms with E-state index in [2.05, 4.69) is 4.98 Å². The van der Waals surface area contributed by atoms with Gasteiger partial charge >= 0.3 is 6.18 Å². The fourth-order valence-electron chi connectivity index (χ4n) is 1.53. The third-order valence-corrected chi connectivity index (χ3v) is 4.09. The van der Waals surface area contributed by atoms with Gasteiger partial charge < -0.3 is 0 Å². The third-order valence-electron chi connectivity index (χ3n) is 2.49. The normalized spacial score (nSPS) is 11.8. The minimum absolute atomic E-state index is 0.0159. The summed E-state index contributed by atoms with van der Waals surface area (Å²) in [5, 5.41) is 0.135. The molecule has 0 aliphatic rings. The summed E-state index contributed by atoms with van der Waals surface area (Å²) in [7, 11) is 0. The number of alkyl halides is 3. The minimum atomic E-state index is -4.53. The molecule has 0 atom stereocenters. The maximum absolute atomic E-state index is 12.7. The first-order chi connectivity index (χ1) is 9.21. The maximum atomic E-state index is 12.7. The summed E-state index contributed by atoms with van der Waals surface area (Å²) in [6.07, 6.45) is -3.88. The summed E-state index contributed by atoms with van der Waals surface area (Å²) in [5.74, 6) is 0. The molecule has 0 radical (unpaired) electrons. The molecule has 1 aromatic heterocycles. The minimum Gasteiger partial charge on any atom is -0.243 e. The van der Waals surface area contributed by atoms with Crippen LogP contribution in [0.3, 0.4) is 0 Å². The highest BCUT2D eigenvalue weighted by molar-refractivity contribution is 6.49. The molecule has 1 aromatic carbocycles. The molecule has 1 heterocycles. The monoisotopic (exact) mass is 359 g/mol. The van der Waals surface area contributed by atoms with Gasteiger partial charge in [-0.3, -0.25) is 0 Å². The van der Waals surface area contributed by atoms with E-state index >= 15 is 0 Å². The second-order valence-electron chi connectivity index (χ2n) is 3.78. The SMILES string of the molecule is FC(F)(F)c1cnc(Cl)c(-c2ccc(Cl)c(Cl)c2Cl)c1. The molecule has 20 heavy (non-hydrogen) atoms. The van der Waals surface area contributed by atoms with Gasteiger partial charge in [0.15, 0.2) is 0 Å². The van der Waals surface area contributed by atoms with Crippen LogP contribution in [0.1, 0.15) is 5.56 Å². The van der Waals surface area contributed by atoms with Gasteiger partial charge in [0, 0.05) is 17.3 Å². The van der Waals surface area contributed by atoms with E-state index < -0.39 is 11.7 Å². The van der Waals surface area contributed by atoms with E-state index in [1.54, 1.807) is 0 Å². The van der Waals surface area contributed by atoms with E-state index in [1.807, 2.05) is 0 Å². The van der Waals surface area contributed by atoms with Gasteiger partial charge in [0.1, 0.15) is 5.15 Å². The summed E-state index contributed by atoms with van der Waals surface area (Å²) in [5.41, 5.74) is -0.672. The van der Waals surface area contributed by atoms with Crippen LogP contribution in [0, 0.1) is 0 Å². The van der Waals surface area contributed by atoms with Gasteiger partial charge in [0.2, 0.25) is 0 Å². The average molecular weight is 361 g/mol. The molecule has 0 spiro atoms. The predicted molar refractivity (Wildman–Crippen MR) is 74.7 cm³/mol. The lowest BCUT2D eigenvalue weighted by atomic mass is 10.1. The molecule has 0 saturated heterocycles. The van der Waals surface area contributed by atoms with Crippen molar-refractivity contribution in [2.45, 2.75) is 6.18 Å². The highest BCUT2D eigenvalue weighted by Gasteiger charge is 2.32. The fourth-order valence-corrected chi connectivity index (χ4v) is 2.37. The standard InChI is InChI=1S/C12H4Cl4F3N/c13-8-2-1-6(9(14)10(8)15)7-3-5(12(17,18)19)4-20-11(7)16/h1-4H. The lowest BCUT2D eigenvalue weighted by Crippen LogP contribution is -2.06. The molecule has 1 nitrogen and oxygen atoms in total. The van der Waals surface area contributed by atoms with Gasteiger partial charge in [-0.05, 0) is 12.1 Å². The van der Waals surface area contributed by atoms with Crippen LogP contribution >= 0.6 is 46.4 Å². The Labute approximate surface area is 132 Å². The van der Waals surface area contributed by atoms with E-state index in [1.165, 1.54) is 12.1 Å². The van der Waals surface area contributed by atoms with Crippen molar-refractivity contribution in [1.82, 2.24) is 4.98 Å². The molecule has 2 aromatic rings. The highest BCUT2D eigenvalue weighted by atomic mass is 35.5. The molecular formula is C12H4Cl4F3N. The van der Waals surface area contributed by atoms with E-state index in [-0.39, 0.29) is 31.3 Å². The Morgan fingerprint density at radius 3 is 2.15 bits per heavy atom. The Hall–Kier alpha value is -0.680. The van der Waals surface area contributed by atoms with Gasteiger partial charge in [0.25, 0.3) is 0 Å².